The Morgan fingerprint density at radius 3 is 1.75 bits per heavy atom. The van der Waals surface area contributed by atoms with Crippen LogP contribution >= 0.6 is 0 Å². The van der Waals surface area contributed by atoms with Gasteiger partial charge < -0.3 is 9.47 Å². The molecule has 0 aromatic carbocycles. The molecule has 1 rings (SSSR count). The van der Waals surface area contributed by atoms with Crippen LogP contribution in [0.25, 0.3) is 0 Å². The van der Waals surface area contributed by atoms with Crippen LogP contribution < -0.4 is 0 Å². The number of ether oxygens (including phenoxy) is 2. The zero-order chi connectivity index (χ0) is 12.1. The molecule has 1 fully saturated rings. The summed E-state index contributed by atoms with van der Waals surface area (Å²) in [6.45, 7) is 13.3. The number of rotatable bonds is 6. The van der Waals surface area contributed by atoms with Crippen molar-refractivity contribution >= 4 is 0 Å². The zero-order valence-electron chi connectivity index (χ0n) is 10.6. The summed E-state index contributed by atoms with van der Waals surface area (Å²) in [6, 6.07) is 0. The number of hydrogen-bond acceptors (Lipinski definition) is 2. The predicted octanol–water partition coefficient (Wildman–Crippen LogP) is 3.69. The fourth-order valence-electron chi connectivity index (χ4n) is 2.24. The highest BCUT2D eigenvalue weighted by Crippen LogP contribution is 2.38. The topological polar surface area (TPSA) is 18.5 Å². The maximum atomic E-state index is 5.97. The van der Waals surface area contributed by atoms with Crippen LogP contribution in [0.2, 0.25) is 0 Å². The SMILES string of the molecule is C=CCC1(CC=C)COC(CC)(CC)OC1. The molecule has 16 heavy (non-hydrogen) atoms. The van der Waals surface area contributed by atoms with Crippen LogP contribution in [0.15, 0.2) is 25.3 Å². The fraction of sp³-hybridized carbons (Fsp3) is 0.714. The van der Waals surface area contributed by atoms with Gasteiger partial charge in [0, 0.05) is 5.41 Å². The van der Waals surface area contributed by atoms with Crippen molar-refractivity contribution in [2.75, 3.05) is 13.2 Å². The molecule has 2 nitrogen and oxygen atoms in total. The Hall–Kier alpha value is -0.600. The molecule has 1 aliphatic rings. The van der Waals surface area contributed by atoms with E-state index in [0.717, 1.165) is 38.9 Å². The van der Waals surface area contributed by atoms with Gasteiger partial charge in [-0.25, -0.2) is 0 Å². The maximum absolute atomic E-state index is 5.97. The molecule has 0 aromatic heterocycles. The molecule has 2 heteroatoms. The quantitative estimate of drug-likeness (QED) is 0.641. The molecule has 0 radical (unpaired) electrons. The third-order valence-electron chi connectivity index (χ3n) is 3.51. The summed E-state index contributed by atoms with van der Waals surface area (Å²) >= 11 is 0. The molecule has 92 valence electrons. The average molecular weight is 224 g/mol. The van der Waals surface area contributed by atoms with Crippen molar-refractivity contribution in [2.45, 2.75) is 45.3 Å². The zero-order valence-corrected chi connectivity index (χ0v) is 10.6. The molecule has 0 amide bonds. The predicted molar refractivity (Wildman–Crippen MR) is 67.3 cm³/mol. The molecule has 1 heterocycles. The molecule has 0 unspecified atom stereocenters. The number of allylic oxidation sites excluding steroid dienone is 2. The molecule has 0 bridgehead atoms. The van der Waals surface area contributed by atoms with E-state index in [1.54, 1.807) is 0 Å². The van der Waals surface area contributed by atoms with Crippen LogP contribution in [0.3, 0.4) is 0 Å². The average Bonchev–Trinajstić information content (AvgIpc) is 2.32. The molecule has 0 saturated carbocycles. The summed E-state index contributed by atoms with van der Waals surface area (Å²) in [6.07, 6.45) is 7.54. The van der Waals surface area contributed by atoms with Gasteiger partial charge >= 0.3 is 0 Å². The van der Waals surface area contributed by atoms with E-state index in [1.165, 1.54) is 0 Å². The molecule has 0 spiro atoms. The third-order valence-corrected chi connectivity index (χ3v) is 3.51. The highest BCUT2D eigenvalue weighted by Gasteiger charge is 2.41. The van der Waals surface area contributed by atoms with Crippen LogP contribution in [0.5, 0.6) is 0 Å². The Morgan fingerprint density at radius 1 is 1.00 bits per heavy atom. The van der Waals surface area contributed by atoms with E-state index in [1.807, 2.05) is 12.2 Å². The summed E-state index contributed by atoms with van der Waals surface area (Å²) in [5.41, 5.74) is 0.0529. The van der Waals surface area contributed by atoms with E-state index in [9.17, 15) is 0 Å². The first-order valence-corrected chi connectivity index (χ1v) is 6.15. The smallest absolute Gasteiger partial charge is 0.167 e. The highest BCUT2D eigenvalue weighted by atomic mass is 16.7. The lowest BCUT2D eigenvalue weighted by molar-refractivity contribution is -0.305. The van der Waals surface area contributed by atoms with Gasteiger partial charge in [-0.1, -0.05) is 26.0 Å². The lowest BCUT2D eigenvalue weighted by Crippen LogP contribution is -2.48. The standard InChI is InChI=1S/C14H24O2/c1-5-9-13(10-6-2)11-15-14(7-3,8-4)16-12-13/h5-6H,1-2,7-12H2,3-4H3. The van der Waals surface area contributed by atoms with E-state index in [-0.39, 0.29) is 11.2 Å². The molecule has 0 N–H and O–H groups in total. The summed E-state index contributed by atoms with van der Waals surface area (Å²) in [5.74, 6) is -0.355. The summed E-state index contributed by atoms with van der Waals surface area (Å²) < 4.78 is 11.9. The summed E-state index contributed by atoms with van der Waals surface area (Å²) in [5, 5.41) is 0. The van der Waals surface area contributed by atoms with Gasteiger partial charge in [0.25, 0.3) is 0 Å². The lowest BCUT2D eigenvalue weighted by Gasteiger charge is -2.45. The molecule has 1 aliphatic heterocycles. The van der Waals surface area contributed by atoms with E-state index >= 15 is 0 Å². The molecule has 1 saturated heterocycles. The maximum Gasteiger partial charge on any atom is 0.167 e. The second-order valence-electron chi connectivity index (χ2n) is 4.68. The molecule has 0 aromatic rings. The van der Waals surface area contributed by atoms with Crippen molar-refractivity contribution in [3.8, 4) is 0 Å². The Morgan fingerprint density at radius 2 is 1.44 bits per heavy atom. The van der Waals surface area contributed by atoms with Crippen LogP contribution in [-0.4, -0.2) is 19.0 Å². The molecular formula is C14H24O2. The largest absolute Gasteiger partial charge is 0.349 e. The van der Waals surface area contributed by atoms with Gasteiger partial charge in [0.05, 0.1) is 13.2 Å². The van der Waals surface area contributed by atoms with Gasteiger partial charge in [0.2, 0.25) is 0 Å². The monoisotopic (exact) mass is 224 g/mol. The summed E-state index contributed by atoms with van der Waals surface area (Å²) in [4.78, 5) is 0. The van der Waals surface area contributed by atoms with Crippen molar-refractivity contribution < 1.29 is 9.47 Å². The van der Waals surface area contributed by atoms with Gasteiger partial charge in [-0.05, 0) is 25.7 Å². The Bertz CT molecular complexity index is 219. The van der Waals surface area contributed by atoms with Crippen molar-refractivity contribution in [1.29, 1.82) is 0 Å². The van der Waals surface area contributed by atoms with E-state index in [4.69, 9.17) is 9.47 Å². The van der Waals surface area contributed by atoms with Gasteiger partial charge in [0.1, 0.15) is 0 Å². The lowest BCUT2D eigenvalue weighted by atomic mass is 9.81. The minimum atomic E-state index is -0.355. The summed E-state index contributed by atoms with van der Waals surface area (Å²) in [7, 11) is 0. The first kappa shape index (κ1) is 13.5. The third kappa shape index (κ3) is 2.74. The van der Waals surface area contributed by atoms with Gasteiger partial charge in [-0.2, -0.15) is 0 Å². The fourth-order valence-corrected chi connectivity index (χ4v) is 2.24. The van der Waals surface area contributed by atoms with Crippen molar-refractivity contribution in [1.82, 2.24) is 0 Å². The van der Waals surface area contributed by atoms with Crippen LogP contribution in [-0.2, 0) is 9.47 Å². The molecule has 0 aliphatic carbocycles. The Balaban J connectivity index is 2.68. The minimum absolute atomic E-state index is 0.0529. The minimum Gasteiger partial charge on any atom is -0.349 e. The number of hydrogen-bond donors (Lipinski definition) is 0. The van der Waals surface area contributed by atoms with Gasteiger partial charge in [0.15, 0.2) is 5.79 Å². The van der Waals surface area contributed by atoms with Gasteiger partial charge in [-0.15, -0.1) is 13.2 Å². The van der Waals surface area contributed by atoms with Crippen molar-refractivity contribution in [3.63, 3.8) is 0 Å². The molecular weight excluding hydrogens is 200 g/mol. The second-order valence-corrected chi connectivity index (χ2v) is 4.68. The van der Waals surface area contributed by atoms with Crippen LogP contribution in [0, 0.1) is 5.41 Å². The first-order chi connectivity index (χ1) is 7.66. The second kappa shape index (κ2) is 5.65. The Labute approximate surface area is 99.3 Å². The van der Waals surface area contributed by atoms with E-state index in [2.05, 4.69) is 27.0 Å². The van der Waals surface area contributed by atoms with Crippen LogP contribution in [0.1, 0.15) is 39.5 Å². The molecule has 0 atom stereocenters. The first-order valence-electron chi connectivity index (χ1n) is 6.15. The highest BCUT2D eigenvalue weighted by molar-refractivity contribution is 4.94. The van der Waals surface area contributed by atoms with E-state index < -0.39 is 0 Å². The van der Waals surface area contributed by atoms with Gasteiger partial charge in [-0.3, -0.25) is 0 Å². The van der Waals surface area contributed by atoms with E-state index in [0.29, 0.717) is 0 Å². The van der Waals surface area contributed by atoms with Crippen molar-refractivity contribution in [3.05, 3.63) is 25.3 Å². The normalized spacial score (nSPS) is 22.6. The van der Waals surface area contributed by atoms with Crippen LogP contribution in [0.4, 0.5) is 0 Å². The Kier molecular flexibility index (Phi) is 4.75. The van der Waals surface area contributed by atoms with Crippen molar-refractivity contribution in [2.24, 2.45) is 5.41 Å².